The van der Waals surface area contributed by atoms with Crippen LogP contribution in [0, 0.1) is 0 Å². The van der Waals surface area contributed by atoms with Crippen LogP contribution in [0.4, 0.5) is 0 Å². The minimum Gasteiger partial charge on any atom is -0.446 e. The number of esters is 1. The summed E-state index contributed by atoms with van der Waals surface area (Å²) >= 11 is 5.20. The molecule has 68 valence electrons. The molecule has 0 saturated carbocycles. The molecule has 0 amide bonds. The first-order valence-electron chi connectivity index (χ1n) is 3.79. The fourth-order valence-electron chi connectivity index (χ4n) is 0.830. The highest BCUT2D eigenvalue weighted by atomic mass is 35.5. The van der Waals surface area contributed by atoms with Crippen molar-refractivity contribution < 1.29 is 9.53 Å². The first-order valence-corrected chi connectivity index (χ1v) is 4.32. The quantitative estimate of drug-likeness (QED) is 0.422. The molecule has 1 aromatic rings. The molecular formula is C10H9ClO2. The van der Waals surface area contributed by atoms with Gasteiger partial charge in [0.2, 0.25) is 0 Å². The second kappa shape index (κ2) is 5.38. The number of carbonyl (C=O) groups excluding carboxylic acids is 1. The molecule has 0 atom stereocenters. The van der Waals surface area contributed by atoms with Crippen molar-refractivity contribution in [2.75, 3.05) is 6.07 Å². The number of carbonyl (C=O) groups is 1. The van der Waals surface area contributed by atoms with E-state index in [1.807, 2.05) is 30.3 Å². The molecule has 0 bridgehead atoms. The monoisotopic (exact) mass is 196 g/mol. The molecular weight excluding hydrogens is 188 g/mol. The largest absolute Gasteiger partial charge is 0.446 e. The molecule has 0 saturated heterocycles. The predicted octanol–water partition coefficient (Wildman–Crippen LogP) is 2.44. The predicted molar refractivity (Wildman–Crippen MR) is 52.3 cm³/mol. The van der Waals surface area contributed by atoms with Gasteiger partial charge in [0.15, 0.2) is 6.07 Å². The zero-order valence-electron chi connectivity index (χ0n) is 6.94. The van der Waals surface area contributed by atoms with E-state index in [9.17, 15) is 4.79 Å². The molecule has 2 nitrogen and oxygen atoms in total. The van der Waals surface area contributed by atoms with E-state index in [4.69, 9.17) is 11.6 Å². The molecule has 0 aliphatic heterocycles. The lowest BCUT2D eigenvalue weighted by Gasteiger charge is -1.93. The number of alkyl halides is 1. The Morgan fingerprint density at radius 2 is 2.08 bits per heavy atom. The summed E-state index contributed by atoms with van der Waals surface area (Å²) in [6.45, 7) is 0. The Hall–Kier alpha value is -1.28. The maximum absolute atomic E-state index is 10.8. The summed E-state index contributed by atoms with van der Waals surface area (Å²) in [6.07, 6.45) is 3.02. The van der Waals surface area contributed by atoms with Crippen molar-refractivity contribution in [2.24, 2.45) is 0 Å². The summed E-state index contributed by atoms with van der Waals surface area (Å²) in [5.74, 6) is -0.432. The third-order valence-electron chi connectivity index (χ3n) is 1.41. The summed E-state index contributed by atoms with van der Waals surface area (Å²) < 4.78 is 4.50. The van der Waals surface area contributed by atoms with Gasteiger partial charge >= 0.3 is 5.97 Å². The standard InChI is InChI=1S/C10H9ClO2/c11-8-13-10(12)7-6-9-4-2-1-3-5-9/h1-7H,8H2/b7-6-. The van der Waals surface area contributed by atoms with E-state index in [-0.39, 0.29) is 6.07 Å². The molecule has 0 heterocycles. The highest BCUT2D eigenvalue weighted by molar-refractivity contribution is 6.17. The van der Waals surface area contributed by atoms with Crippen LogP contribution in [-0.2, 0) is 9.53 Å². The third kappa shape index (κ3) is 3.76. The molecule has 13 heavy (non-hydrogen) atoms. The van der Waals surface area contributed by atoms with Crippen molar-refractivity contribution in [1.82, 2.24) is 0 Å². The van der Waals surface area contributed by atoms with Crippen molar-refractivity contribution in [1.29, 1.82) is 0 Å². The van der Waals surface area contributed by atoms with Crippen LogP contribution in [0.15, 0.2) is 36.4 Å². The number of benzene rings is 1. The van der Waals surface area contributed by atoms with Crippen LogP contribution in [0.3, 0.4) is 0 Å². The van der Waals surface area contributed by atoms with Gasteiger partial charge in [0.05, 0.1) is 0 Å². The number of rotatable bonds is 3. The van der Waals surface area contributed by atoms with E-state index in [0.717, 1.165) is 5.56 Å². The first kappa shape index (κ1) is 9.81. The van der Waals surface area contributed by atoms with Gasteiger partial charge in [0.1, 0.15) is 0 Å². The summed E-state index contributed by atoms with van der Waals surface area (Å²) in [4.78, 5) is 10.8. The highest BCUT2D eigenvalue weighted by Crippen LogP contribution is 2.00. The lowest BCUT2D eigenvalue weighted by atomic mass is 10.2. The van der Waals surface area contributed by atoms with Gasteiger partial charge < -0.3 is 4.74 Å². The number of hydrogen-bond acceptors (Lipinski definition) is 2. The lowest BCUT2D eigenvalue weighted by molar-refractivity contribution is -0.135. The molecule has 0 radical (unpaired) electrons. The second-order valence-electron chi connectivity index (χ2n) is 2.32. The fourth-order valence-corrected chi connectivity index (χ4v) is 0.938. The summed E-state index contributed by atoms with van der Waals surface area (Å²) in [6, 6.07) is 9.38. The van der Waals surface area contributed by atoms with E-state index in [0.29, 0.717) is 0 Å². The summed E-state index contributed by atoms with van der Waals surface area (Å²) in [5.41, 5.74) is 0.953. The molecule has 0 aliphatic carbocycles. The van der Waals surface area contributed by atoms with E-state index in [1.165, 1.54) is 6.08 Å². The summed E-state index contributed by atoms with van der Waals surface area (Å²) in [7, 11) is 0. The molecule has 1 aromatic carbocycles. The van der Waals surface area contributed by atoms with Gasteiger partial charge in [-0.1, -0.05) is 41.9 Å². The Bertz CT molecular complexity index is 293. The normalized spacial score (nSPS) is 10.2. The van der Waals surface area contributed by atoms with E-state index in [1.54, 1.807) is 6.08 Å². The second-order valence-corrected chi connectivity index (χ2v) is 2.53. The smallest absolute Gasteiger partial charge is 0.331 e. The van der Waals surface area contributed by atoms with Crippen LogP contribution in [-0.4, -0.2) is 12.0 Å². The number of halogens is 1. The zero-order chi connectivity index (χ0) is 9.52. The van der Waals surface area contributed by atoms with Gasteiger partial charge in [0, 0.05) is 6.08 Å². The Labute approximate surface area is 81.8 Å². The molecule has 0 spiro atoms. The highest BCUT2D eigenvalue weighted by Gasteiger charge is 1.93. The minimum absolute atomic E-state index is 0.113. The van der Waals surface area contributed by atoms with Crippen molar-refractivity contribution in [3.8, 4) is 0 Å². The summed E-state index contributed by atoms with van der Waals surface area (Å²) in [5, 5.41) is 0. The van der Waals surface area contributed by atoms with Crippen molar-refractivity contribution in [2.45, 2.75) is 0 Å². The van der Waals surface area contributed by atoms with Crippen LogP contribution >= 0.6 is 11.6 Å². The Kier molecular flexibility index (Phi) is 4.06. The molecule has 1 rings (SSSR count). The number of ether oxygens (including phenoxy) is 1. The van der Waals surface area contributed by atoms with E-state index >= 15 is 0 Å². The first-order chi connectivity index (χ1) is 6.33. The lowest BCUT2D eigenvalue weighted by Crippen LogP contribution is -1.97. The maximum atomic E-state index is 10.8. The van der Waals surface area contributed by atoms with Gasteiger partial charge in [-0.25, -0.2) is 4.79 Å². The van der Waals surface area contributed by atoms with Crippen molar-refractivity contribution in [3.05, 3.63) is 42.0 Å². The zero-order valence-corrected chi connectivity index (χ0v) is 7.70. The van der Waals surface area contributed by atoms with Crippen LogP contribution in [0.1, 0.15) is 5.56 Å². The fraction of sp³-hybridized carbons (Fsp3) is 0.100. The Morgan fingerprint density at radius 3 is 2.69 bits per heavy atom. The third-order valence-corrected chi connectivity index (χ3v) is 1.52. The average molecular weight is 197 g/mol. The Morgan fingerprint density at radius 1 is 1.38 bits per heavy atom. The minimum atomic E-state index is -0.432. The topological polar surface area (TPSA) is 26.3 Å². The van der Waals surface area contributed by atoms with Crippen LogP contribution in [0.2, 0.25) is 0 Å². The van der Waals surface area contributed by atoms with Gasteiger partial charge in [-0.3, -0.25) is 0 Å². The Balaban J connectivity index is 2.54. The van der Waals surface area contributed by atoms with E-state index < -0.39 is 5.97 Å². The van der Waals surface area contributed by atoms with Crippen LogP contribution < -0.4 is 0 Å². The molecule has 0 fully saturated rings. The number of hydrogen-bond donors (Lipinski definition) is 0. The van der Waals surface area contributed by atoms with Crippen LogP contribution in [0.5, 0.6) is 0 Å². The SMILES string of the molecule is O=C(/C=C\c1ccccc1)OCCl. The molecule has 0 aromatic heterocycles. The average Bonchev–Trinajstić information content (AvgIpc) is 2.17. The van der Waals surface area contributed by atoms with Gasteiger partial charge in [-0.05, 0) is 11.6 Å². The van der Waals surface area contributed by atoms with Crippen molar-refractivity contribution in [3.63, 3.8) is 0 Å². The van der Waals surface area contributed by atoms with Gasteiger partial charge in [0.25, 0.3) is 0 Å². The molecule has 0 aliphatic rings. The molecule has 0 unspecified atom stereocenters. The van der Waals surface area contributed by atoms with Gasteiger partial charge in [-0.15, -0.1) is 0 Å². The van der Waals surface area contributed by atoms with Crippen molar-refractivity contribution >= 4 is 23.6 Å². The molecule has 3 heteroatoms. The maximum Gasteiger partial charge on any atom is 0.331 e. The van der Waals surface area contributed by atoms with Crippen LogP contribution in [0.25, 0.3) is 6.08 Å². The van der Waals surface area contributed by atoms with Gasteiger partial charge in [-0.2, -0.15) is 0 Å². The molecule has 0 N–H and O–H groups in total. The van der Waals surface area contributed by atoms with E-state index in [2.05, 4.69) is 4.74 Å².